The number of allylic oxidation sites excluding steroid dienone is 2. The van der Waals surface area contributed by atoms with Crippen LogP contribution in [0.25, 0.3) is 0 Å². The number of fused-ring (bicyclic) bond motifs is 1. The number of carbonyl (C=O) groups is 2. The molecule has 2 aliphatic heterocycles. The third-order valence-electron chi connectivity index (χ3n) is 7.81. The Morgan fingerprint density at radius 1 is 1.15 bits per heavy atom. The Morgan fingerprint density at radius 2 is 1.82 bits per heavy atom. The largest absolute Gasteiger partial charge is 0.493 e. The zero-order valence-electron chi connectivity index (χ0n) is 24.9. The Morgan fingerprint density at radius 3 is 2.38 bits per heavy atom. The summed E-state index contributed by atoms with van der Waals surface area (Å²) in [6.45, 7) is 14.9. The topological polar surface area (TPSA) is 88.5 Å². The second-order valence-corrected chi connectivity index (χ2v) is 11.9. The monoisotopic (exact) mass is 544 g/mol. The molecular weight excluding hydrogens is 496 g/mol. The van der Waals surface area contributed by atoms with E-state index in [1.165, 1.54) is 5.57 Å². The zero-order chi connectivity index (χ0) is 28.7. The number of hydrogen-bond acceptors (Lipinski definition) is 6. The van der Waals surface area contributed by atoms with Gasteiger partial charge >= 0.3 is 5.97 Å². The Labute approximate surface area is 234 Å². The number of hydrogen-bond donors (Lipinski definition) is 1. The molecule has 2 heterocycles. The quantitative estimate of drug-likeness (QED) is 0.300. The molecule has 1 saturated heterocycles. The van der Waals surface area contributed by atoms with Gasteiger partial charge in [0.2, 0.25) is 18.4 Å². The van der Waals surface area contributed by atoms with Gasteiger partial charge in [0, 0.05) is 31.6 Å². The predicted octanol–water partition coefficient (Wildman–Crippen LogP) is 5.70. The van der Waals surface area contributed by atoms with Gasteiger partial charge in [0.25, 0.3) is 0 Å². The second kappa shape index (κ2) is 13.6. The van der Waals surface area contributed by atoms with Crippen molar-refractivity contribution in [3.8, 4) is 17.2 Å². The molecule has 1 fully saturated rings. The number of rotatable bonds is 14. The Balaban J connectivity index is 1.99. The van der Waals surface area contributed by atoms with Gasteiger partial charge in [0.05, 0.1) is 19.6 Å². The fourth-order valence-electron chi connectivity index (χ4n) is 6.16. The molecule has 8 nitrogen and oxygen atoms in total. The van der Waals surface area contributed by atoms with Gasteiger partial charge in [-0.3, -0.25) is 14.5 Å². The molecule has 2 aliphatic rings. The van der Waals surface area contributed by atoms with Crippen LogP contribution in [-0.2, 0) is 9.59 Å². The van der Waals surface area contributed by atoms with Gasteiger partial charge in [-0.05, 0) is 56.2 Å². The van der Waals surface area contributed by atoms with Crippen molar-refractivity contribution in [2.45, 2.75) is 85.6 Å². The highest BCUT2D eigenvalue weighted by atomic mass is 16.7. The van der Waals surface area contributed by atoms with Gasteiger partial charge in [0.1, 0.15) is 0 Å². The number of likely N-dealkylation sites (tertiary alicyclic amines) is 1. The molecule has 218 valence electrons. The number of unbranched alkanes of at least 4 members (excludes halogenated alkanes) is 2. The molecule has 3 unspecified atom stereocenters. The van der Waals surface area contributed by atoms with E-state index < -0.39 is 11.9 Å². The maximum absolute atomic E-state index is 13.6. The molecule has 1 N–H and O–H groups in total. The summed E-state index contributed by atoms with van der Waals surface area (Å²) in [5, 5.41) is 10.6. The average molecular weight is 545 g/mol. The van der Waals surface area contributed by atoms with E-state index in [-0.39, 0.29) is 36.6 Å². The third-order valence-corrected chi connectivity index (χ3v) is 7.81. The van der Waals surface area contributed by atoms with Crippen molar-refractivity contribution in [3.63, 3.8) is 0 Å². The van der Waals surface area contributed by atoms with Crippen molar-refractivity contribution in [1.82, 2.24) is 9.80 Å². The number of aliphatic carboxylic acids is 1. The van der Waals surface area contributed by atoms with E-state index in [4.69, 9.17) is 14.2 Å². The number of carbonyl (C=O) groups excluding carboxylic acids is 1. The summed E-state index contributed by atoms with van der Waals surface area (Å²) in [5.74, 6) is -0.145. The van der Waals surface area contributed by atoms with Gasteiger partial charge in [-0.15, -0.1) is 0 Å². The number of nitrogens with zero attached hydrogens (tertiary/aromatic N) is 2. The highest BCUT2D eigenvalue weighted by molar-refractivity contribution is 5.79. The lowest BCUT2D eigenvalue weighted by Gasteiger charge is -2.34. The van der Waals surface area contributed by atoms with Crippen LogP contribution >= 0.6 is 0 Å². The van der Waals surface area contributed by atoms with Gasteiger partial charge in [-0.25, -0.2) is 0 Å². The summed E-state index contributed by atoms with van der Waals surface area (Å²) in [5.41, 5.74) is 1.79. The van der Waals surface area contributed by atoms with Crippen LogP contribution in [0.15, 0.2) is 23.8 Å². The number of ether oxygens (including phenoxy) is 3. The molecule has 39 heavy (non-hydrogen) atoms. The van der Waals surface area contributed by atoms with Crippen molar-refractivity contribution < 1.29 is 28.9 Å². The van der Waals surface area contributed by atoms with Crippen molar-refractivity contribution in [1.29, 1.82) is 0 Å². The molecule has 8 heteroatoms. The molecule has 0 radical (unpaired) electrons. The first-order valence-electron chi connectivity index (χ1n) is 14.4. The van der Waals surface area contributed by atoms with E-state index >= 15 is 0 Å². The minimum Gasteiger partial charge on any atom is -0.493 e. The summed E-state index contributed by atoms with van der Waals surface area (Å²) in [6.07, 6.45) is 6.80. The lowest BCUT2D eigenvalue weighted by Crippen LogP contribution is -2.45. The minimum absolute atomic E-state index is 0.0787. The van der Waals surface area contributed by atoms with Crippen LogP contribution in [0.3, 0.4) is 0 Å². The molecule has 3 rings (SSSR count). The molecular formula is C31H48N2O6. The van der Waals surface area contributed by atoms with Crippen LogP contribution in [0.4, 0.5) is 0 Å². The molecule has 0 spiro atoms. The number of carboxylic acid groups (broad SMARTS) is 1. The summed E-state index contributed by atoms with van der Waals surface area (Å²) in [7, 11) is 1.57. The van der Waals surface area contributed by atoms with Crippen LogP contribution in [0.5, 0.6) is 17.2 Å². The molecule has 1 aromatic rings. The summed E-state index contributed by atoms with van der Waals surface area (Å²) in [4.78, 5) is 30.6. The van der Waals surface area contributed by atoms with Crippen LogP contribution in [0.2, 0.25) is 0 Å². The van der Waals surface area contributed by atoms with Crippen molar-refractivity contribution in [2.24, 2.45) is 11.3 Å². The lowest BCUT2D eigenvalue weighted by molar-refractivity contribution is -0.144. The highest BCUT2D eigenvalue weighted by Gasteiger charge is 2.49. The predicted molar refractivity (Wildman–Crippen MR) is 153 cm³/mol. The fourth-order valence-corrected chi connectivity index (χ4v) is 6.16. The first-order chi connectivity index (χ1) is 18.5. The molecule has 3 atom stereocenters. The smallest absolute Gasteiger partial charge is 0.308 e. The van der Waals surface area contributed by atoms with E-state index in [9.17, 15) is 14.7 Å². The summed E-state index contributed by atoms with van der Waals surface area (Å²) in [6, 6.07) is 3.44. The molecule has 0 aromatic heterocycles. The van der Waals surface area contributed by atoms with E-state index in [1.807, 2.05) is 17.0 Å². The van der Waals surface area contributed by atoms with E-state index in [0.717, 1.165) is 44.3 Å². The maximum atomic E-state index is 13.6. The third kappa shape index (κ3) is 7.68. The van der Waals surface area contributed by atoms with E-state index in [0.29, 0.717) is 30.2 Å². The molecule has 0 bridgehead atoms. The Hall–Kier alpha value is -2.74. The highest BCUT2D eigenvalue weighted by Crippen LogP contribution is 2.48. The number of methoxy groups -OCH3 is 1. The minimum atomic E-state index is -0.849. The molecule has 0 aliphatic carbocycles. The van der Waals surface area contributed by atoms with Crippen molar-refractivity contribution >= 4 is 11.9 Å². The maximum Gasteiger partial charge on any atom is 0.308 e. The first kappa shape index (κ1) is 30.8. The van der Waals surface area contributed by atoms with Gasteiger partial charge < -0.3 is 24.2 Å². The van der Waals surface area contributed by atoms with Gasteiger partial charge in [-0.1, -0.05) is 52.2 Å². The van der Waals surface area contributed by atoms with Crippen molar-refractivity contribution in [3.05, 3.63) is 29.3 Å². The standard InChI is InChI=1S/C31H48N2O6/c1-8-10-12-32(13-11-9-2)27(34)19-33-18-23(22-14-25(37-7)29-26(15-22)38-20-39-29)28(30(35)36)24(33)17-31(5,6)16-21(3)4/h14-16,23-24,28H,8-13,17-20H2,1-7H3,(H,35,36). The second-order valence-electron chi connectivity index (χ2n) is 11.9. The summed E-state index contributed by atoms with van der Waals surface area (Å²) < 4.78 is 16.8. The summed E-state index contributed by atoms with van der Waals surface area (Å²) >= 11 is 0. The van der Waals surface area contributed by atoms with Crippen LogP contribution in [0.1, 0.15) is 85.1 Å². The fraction of sp³-hybridized carbons (Fsp3) is 0.677. The van der Waals surface area contributed by atoms with Gasteiger partial charge in [-0.2, -0.15) is 0 Å². The van der Waals surface area contributed by atoms with Crippen LogP contribution in [-0.4, -0.2) is 72.9 Å². The SMILES string of the molecule is CCCCN(CCCC)C(=O)CN1CC(c2cc(OC)c3c(c2)OCO3)C(C(=O)O)C1CC(C)(C)C=C(C)C. The first-order valence-corrected chi connectivity index (χ1v) is 14.4. The Bertz CT molecular complexity index is 1020. The zero-order valence-corrected chi connectivity index (χ0v) is 24.9. The van der Waals surface area contributed by atoms with Crippen molar-refractivity contribution in [2.75, 3.05) is 40.1 Å². The molecule has 1 amide bonds. The van der Waals surface area contributed by atoms with Crippen LogP contribution < -0.4 is 14.2 Å². The average Bonchev–Trinajstić information content (AvgIpc) is 3.47. The molecule has 1 aromatic carbocycles. The normalized spacial score (nSPS) is 20.6. The number of carboxylic acids is 1. The van der Waals surface area contributed by atoms with Crippen LogP contribution in [0, 0.1) is 11.3 Å². The number of benzene rings is 1. The lowest BCUT2D eigenvalue weighted by atomic mass is 9.77. The van der Waals surface area contributed by atoms with E-state index in [2.05, 4.69) is 52.5 Å². The number of amides is 1. The van der Waals surface area contributed by atoms with Gasteiger partial charge in [0.15, 0.2) is 11.5 Å². The molecule has 0 saturated carbocycles. The van der Waals surface area contributed by atoms with E-state index in [1.54, 1.807) is 7.11 Å². The Kier molecular flexibility index (Phi) is 10.7.